The minimum Gasteiger partial charge on any atom is -0.478 e. The highest BCUT2D eigenvalue weighted by Gasteiger charge is 2.42. The number of halogens is 1. The number of carboxylic acids is 1. The average molecular weight is 282 g/mol. The molecule has 2 N–H and O–H groups in total. The van der Waals surface area contributed by atoms with Crippen molar-refractivity contribution < 1.29 is 14.7 Å². The van der Waals surface area contributed by atoms with Crippen LogP contribution in [-0.2, 0) is 4.79 Å². The predicted octanol–water partition coefficient (Wildman–Crippen LogP) is 3.56. The Balaban J connectivity index is 2.14. The second-order valence-corrected chi connectivity index (χ2v) is 5.35. The number of rotatable bonds is 4. The van der Waals surface area contributed by atoms with Gasteiger partial charge in [0.05, 0.1) is 10.6 Å². The molecule has 0 aromatic heterocycles. The van der Waals surface area contributed by atoms with Crippen LogP contribution in [0.15, 0.2) is 18.2 Å². The fourth-order valence-electron chi connectivity index (χ4n) is 2.37. The normalized spacial score (nSPS) is 16.5. The monoisotopic (exact) mass is 281 g/mol. The van der Waals surface area contributed by atoms with Crippen LogP contribution in [0.3, 0.4) is 0 Å². The molecule has 0 atom stereocenters. The lowest BCUT2D eigenvalue weighted by molar-refractivity contribution is -0.130. The maximum Gasteiger partial charge on any atom is 0.337 e. The van der Waals surface area contributed by atoms with Gasteiger partial charge >= 0.3 is 5.97 Å². The largest absolute Gasteiger partial charge is 0.478 e. The SMILES string of the molecule is CCC1(C(=O)Nc2ccc(C(=O)O)c(Cl)c2)CCC1. The Morgan fingerprint density at radius 2 is 2.11 bits per heavy atom. The second-order valence-electron chi connectivity index (χ2n) is 4.94. The van der Waals surface area contributed by atoms with E-state index in [1.54, 1.807) is 6.07 Å². The number of carbonyl (C=O) groups is 2. The summed E-state index contributed by atoms with van der Waals surface area (Å²) in [5.41, 5.74) is 0.325. The first-order valence-corrected chi connectivity index (χ1v) is 6.70. The van der Waals surface area contributed by atoms with Crippen molar-refractivity contribution in [1.29, 1.82) is 0 Å². The second kappa shape index (κ2) is 5.21. The van der Waals surface area contributed by atoms with Gasteiger partial charge in [-0.2, -0.15) is 0 Å². The van der Waals surface area contributed by atoms with Crippen LogP contribution in [0.1, 0.15) is 43.0 Å². The Morgan fingerprint density at radius 3 is 2.53 bits per heavy atom. The summed E-state index contributed by atoms with van der Waals surface area (Å²) in [6.45, 7) is 2.01. The first kappa shape index (κ1) is 13.9. The van der Waals surface area contributed by atoms with Gasteiger partial charge in [0.2, 0.25) is 5.91 Å². The van der Waals surface area contributed by atoms with Gasteiger partial charge < -0.3 is 10.4 Å². The summed E-state index contributed by atoms with van der Waals surface area (Å²) in [5.74, 6) is -1.08. The summed E-state index contributed by atoms with van der Waals surface area (Å²) in [4.78, 5) is 23.1. The number of hydrogen-bond donors (Lipinski definition) is 2. The van der Waals surface area contributed by atoms with E-state index in [1.807, 2.05) is 6.92 Å². The number of carbonyl (C=O) groups excluding carboxylic acids is 1. The molecular formula is C14H16ClNO3. The summed E-state index contributed by atoms with van der Waals surface area (Å²) in [6, 6.07) is 4.44. The molecule has 5 heteroatoms. The smallest absolute Gasteiger partial charge is 0.337 e. The van der Waals surface area contributed by atoms with E-state index in [-0.39, 0.29) is 21.9 Å². The van der Waals surface area contributed by atoms with Crippen molar-refractivity contribution in [2.24, 2.45) is 5.41 Å². The Morgan fingerprint density at radius 1 is 1.42 bits per heavy atom. The van der Waals surface area contributed by atoms with E-state index in [9.17, 15) is 9.59 Å². The first-order valence-electron chi connectivity index (χ1n) is 6.33. The highest BCUT2D eigenvalue weighted by atomic mass is 35.5. The molecule has 4 nitrogen and oxygen atoms in total. The molecule has 0 aliphatic heterocycles. The van der Waals surface area contributed by atoms with E-state index in [0.717, 1.165) is 25.7 Å². The zero-order valence-corrected chi connectivity index (χ0v) is 11.5. The maximum atomic E-state index is 12.2. The van der Waals surface area contributed by atoms with Crippen LogP contribution in [0.2, 0.25) is 5.02 Å². The summed E-state index contributed by atoms with van der Waals surface area (Å²) in [7, 11) is 0. The van der Waals surface area contributed by atoms with Crippen LogP contribution in [-0.4, -0.2) is 17.0 Å². The van der Waals surface area contributed by atoms with Crippen molar-refractivity contribution in [3.8, 4) is 0 Å². The van der Waals surface area contributed by atoms with Crippen LogP contribution in [0, 0.1) is 5.41 Å². The molecule has 0 bridgehead atoms. The van der Waals surface area contributed by atoms with Gasteiger partial charge in [0.25, 0.3) is 0 Å². The highest BCUT2D eigenvalue weighted by molar-refractivity contribution is 6.33. The number of aromatic carboxylic acids is 1. The van der Waals surface area contributed by atoms with Gasteiger partial charge in [0, 0.05) is 11.1 Å². The third kappa shape index (κ3) is 2.59. The number of carboxylic acid groups (broad SMARTS) is 1. The molecule has 102 valence electrons. The molecule has 2 rings (SSSR count). The minimum absolute atomic E-state index is 0.000363. The van der Waals surface area contributed by atoms with Gasteiger partial charge in [0.15, 0.2) is 0 Å². The zero-order chi connectivity index (χ0) is 14.0. The van der Waals surface area contributed by atoms with Crippen molar-refractivity contribution in [3.05, 3.63) is 28.8 Å². The molecule has 1 aromatic rings. The molecular weight excluding hydrogens is 266 g/mol. The van der Waals surface area contributed by atoms with Crippen molar-refractivity contribution in [2.75, 3.05) is 5.32 Å². The first-order chi connectivity index (χ1) is 8.98. The van der Waals surface area contributed by atoms with E-state index in [0.29, 0.717) is 5.69 Å². The van der Waals surface area contributed by atoms with Crippen LogP contribution >= 0.6 is 11.6 Å². The van der Waals surface area contributed by atoms with E-state index in [2.05, 4.69) is 5.32 Å². The van der Waals surface area contributed by atoms with Crippen molar-refractivity contribution in [3.63, 3.8) is 0 Å². The maximum absolute atomic E-state index is 12.2. The van der Waals surface area contributed by atoms with Crippen molar-refractivity contribution in [2.45, 2.75) is 32.6 Å². The molecule has 1 aliphatic rings. The highest BCUT2D eigenvalue weighted by Crippen LogP contribution is 2.44. The topological polar surface area (TPSA) is 66.4 Å². The number of hydrogen-bond acceptors (Lipinski definition) is 2. The Hall–Kier alpha value is -1.55. The van der Waals surface area contributed by atoms with Gasteiger partial charge in [-0.3, -0.25) is 4.79 Å². The number of nitrogens with one attached hydrogen (secondary N) is 1. The van der Waals surface area contributed by atoms with Gasteiger partial charge in [-0.15, -0.1) is 0 Å². The van der Waals surface area contributed by atoms with Crippen LogP contribution in [0.25, 0.3) is 0 Å². The van der Waals surface area contributed by atoms with Gasteiger partial charge in [-0.1, -0.05) is 24.9 Å². The lowest BCUT2D eigenvalue weighted by atomic mass is 9.66. The Kier molecular flexibility index (Phi) is 3.80. The predicted molar refractivity (Wildman–Crippen MR) is 73.6 cm³/mol. The van der Waals surface area contributed by atoms with Gasteiger partial charge in [-0.05, 0) is 37.5 Å². The molecule has 1 saturated carbocycles. The molecule has 1 amide bonds. The average Bonchev–Trinajstić information content (AvgIpc) is 2.27. The van der Waals surface area contributed by atoms with E-state index in [1.165, 1.54) is 12.1 Å². The molecule has 0 saturated heterocycles. The standard InChI is InChI=1S/C14H16ClNO3/c1-2-14(6-3-7-14)13(19)16-9-4-5-10(12(17)18)11(15)8-9/h4-5,8H,2-3,6-7H2,1H3,(H,16,19)(H,17,18). The Bertz CT molecular complexity index is 518. The lowest BCUT2D eigenvalue weighted by Crippen LogP contribution is -2.41. The van der Waals surface area contributed by atoms with Crippen molar-refractivity contribution >= 4 is 29.2 Å². The fourth-order valence-corrected chi connectivity index (χ4v) is 2.64. The minimum atomic E-state index is -1.08. The molecule has 0 heterocycles. The number of anilines is 1. The molecule has 0 radical (unpaired) electrons. The summed E-state index contributed by atoms with van der Waals surface area (Å²) >= 11 is 5.87. The van der Waals surface area contributed by atoms with E-state index in [4.69, 9.17) is 16.7 Å². The number of benzene rings is 1. The molecule has 0 unspecified atom stereocenters. The molecule has 1 aromatic carbocycles. The summed E-state index contributed by atoms with van der Waals surface area (Å²) in [6.07, 6.45) is 3.73. The van der Waals surface area contributed by atoms with Crippen LogP contribution in [0.5, 0.6) is 0 Å². The van der Waals surface area contributed by atoms with Gasteiger partial charge in [0.1, 0.15) is 0 Å². The zero-order valence-electron chi connectivity index (χ0n) is 10.7. The van der Waals surface area contributed by atoms with E-state index >= 15 is 0 Å². The quantitative estimate of drug-likeness (QED) is 0.887. The molecule has 1 fully saturated rings. The number of amides is 1. The van der Waals surface area contributed by atoms with Gasteiger partial charge in [-0.25, -0.2) is 4.79 Å². The van der Waals surface area contributed by atoms with E-state index < -0.39 is 5.97 Å². The molecule has 19 heavy (non-hydrogen) atoms. The third-order valence-corrected chi connectivity index (χ3v) is 4.24. The Labute approximate surface area is 116 Å². The molecule has 1 aliphatic carbocycles. The fraction of sp³-hybridized carbons (Fsp3) is 0.429. The van der Waals surface area contributed by atoms with Crippen LogP contribution < -0.4 is 5.32 Å². The van der Waals surface area contributed by atoms with Crippen LogP contribution in [0.4, 0.5) is 5.69 Å². The third-order valence-electron chi connectivity index (χ3n) is 3.93. The summed E-state index contributed by atoms with van der Waals surface area (Å²) in [5, 5.41) is 11.8. The lowest BCUT2D eigenvalue weighted by Gasteiger charge is -2.39. The van der Waals surface area contributed by atoms with Crippen molar-refractivity contribution in [1.82, 2.24) is 0 Å². The molecule has 0 spiro atoms. The summed E-state index contributed by atoms with van der Waals surface area (Å²) < 4.78 is 0.